The third kappa shape index (κ3) is 3.89. The number of benzene rings is 1. The average molecular weight is 261 g/mol. The van der Waals surface area contributed by atoms with Gasteiger partial charge in [-0.15, -0.1) is 0 Å². The van der Waals surface area contributed by atoms with Gasteiger partial charge in [0.25, 0.3) is 0 Å². The maximum atomic E-state index is 5.96. The summed E-state index contributed by atoms with van der Waals surface area (Å²) in [5.74, 6) is 1.97. The molecular formula is C14H19N3S. The lowest BCUT2D eigenvalue weighted by Gasteiger charge is -2.17. The van der Waals surface area contributed by atoms with E-state index in [0.29, 0.717) is 0 Å². The summed E-state index contributed by atoms with van der Waals surface area (Å²) < 4.78 is 2.00. The molecule has 3 nitrogen and oxygen atoms in total. The lowest BCUT2D eigenvalue weighted by atomic mass is 10.1. The minimum absolute atomic E-state index is 0.0958. The van der Waals surface area contributed by atoms with E-state index in [9.17, 15) is 0 Å². The maximum absolute atomic E-state index is 5.96. The summed E-state index contributed by atoms with van der Waals surface area (Å²) in [6.07, 6.45) is 5.54. The quantitative estimate of drug-likeness (QED) is 0.900. The van der Waals surface area contributed by atoms with E-state index in [4.69, 9.17) is 5.73 Å². The molecule has 0 aliphatic rings. The smallest absolute Gasteiger partial charge is 0.0991 e. The molecule has 0 amide bonds. The summed E-state index contributed by atoms with van der Waals surface area (Å²) in [5.41, 5.74) is 8.33. The van der Waals surface area contributed by atoms with E-state index in [-0.39, 0.29) is 5.54 Å². The van der Waals surface area contributed by atoms with Gasteiger partial charge in [-0.1, -0.05) is 12.1 Å². The third-order valence-corrected chi connectivity index (χ3v) is 3.97. The molecule has 0 radical (unpaired) electrons. The van der Waals surface area contributed by atoms with Gasteiger partial charge in [0.15, 0.2) is 0 Å². The molecule has 0 unspecified atom stereocenters. The number of hydrogen-bond acceptors (Lipinski definition) is 3. The van der Waals surface area contributed by atoms with Crippen LogP contribution in [-0.2, 0) is 5.75 Å². The van der Waals surface area contributed by atoms with Crippen LogP contribution in [0.1, 0.15) is 19.4 Å². The van der Waals surface area contributed by atoms with Gasteiger partial charge in [-0.3, -0.25) is 0 Å². The summed E-state index contributed by atoms with van der Waals surface area (Å²) in [5, 5.41) is 0. The van der Waals surface area contributed by atoms with Gasteiger partial charge in [0.05, 0.1) is 6.33 Å². The molecule has 1 aromatic heterocycles. The highest BCUT2D eigenvalue weighted by atomic mass is 32.2. The molecule has 2 rings (SSSR count). The molecule has 0 fully saturated rings. The fourth-order valence-electron chi connectivity index (χ4n) is 1.61. The zero-order valence-corrected chi connectivity index (χ0v) is 11.7. The van der Waals surface area contributed by atoms with Crippen LogP contribution in [0, 0.1) is 0 Å². The number of rotatable bonds is 5. The van der Waals surface area contributed by atoms with E-state index in [1.54, 1.807) is 12.5 Å². The third-order valence-electron chi connectivity index (χ3n) is 2.48. The average Bonchev–Trinajstić information content (AvgIpc) is 2.82. The lowest BCUT2D eigenvalue weighted by molar-refractivity contribution is 0.591. The summed E-state index contributed by atoms with van der Waals surface area (Å²) >= 11 is 1.87. The Morgan fingerprint density at radius 3 is 2.56 bits per heavy atom. The van der Waals surface area contributed by atoms with Crippen molar-refractivity contribution in [2.45, 2.75) is 25.1 Å². The minimum atomic E-state index is -0.0958. The molecule has 0 aliphatic heterocycles. The fraction of sp³-hybridized carbons (Fsp3) is 0.357. The number of hydrogen-bond donors (Lipinski definition) is 1. The van der Waals surface area contributed by atoms with Crippen molar-refractivity contribution >= 4 is 11.8 Å². The summed E-state index contributed by atoms with van der Waals surface area (Å²) in [6.45, 7) is 4.12. The molecule has 18 heavy (non-hydrogen) atoms. The molecule has 0 atom stereocenters. The highest BCUT2D eigenvalue weighted by Gasteiger charge is 2.09. The first-order valence-corrected chi connectivity index (χ1v) is 7.14. The van der Waals surface area contributed by atoms with Crippen LogP contribution >= 0.6 is 11.8 Å². The zero-order valence-electron chi connectivity index (χ0n) is 10.8. The van der Waals surface area contributed by atoms with E-state index in [0.717, 1.165) is 17.2 Å². The molecule has 0 bridgehead atoms. The monoisotopic (exact) mass is 261 g/mol. The van der Waals surface area contributed by atoms with Gasteiger partial charge < -0.3 is 10.3 Å². The Morgan fingerprint density at radius 2 is 2.00 bits per heavy atom. The van der Waals surface area contributed by atoms with Gasteiger partial charge in [0.1, 0.15) is 0 Å². The molecule has 0 aliphatic carbocycles. The van der Waals surface area contributed by atoms with Crippen molar-refractivity contribution in [3.05, 3.63) is 48.5 Å². The van der Waals surface area contributed by atoms with Crippen LogP contribution in [0.4, 0.5) is 0 Å². The van der Waals surface area contributed by atoms with Crippen molar-refractivity contribution in [3.8, 4) is 5.69 Å². The second-order valence-corrected chi connectivity index (χ2v) is 6.10. The van der Waals surface area contributed by atoms with Crippen LogP contribution in [0.15, 0.2) is 43.0 Å². The van der Waals surface area contributed by atoms with Crippen LogP contribution in [0.5, 0.6) is 0 Å². The second kappa shape index (κ2) is 5.59. The standard InChI is InChI=1S/C14H19N3S/c1-14(2,15)10-18-9-12-3-5-13(6-4-12)17-8-7-16-11-17/h3-8,11H,9-10,15H2,1-2H3. The Bertz CT molecular complexity index is 469. The van der Waals surface area contributed by atoms with Crippen molar-refractivity contribution in [2.75, 3.05) is 5.75 Å². The van der Waals surface area contributed by atoms with Crippen LogP contribution in [0.3, 0.4) is 0 Å². The number of nitrogens with zero attached hydrogens (tertiary/aromatic N) is 2. The van der Waals surface area contributed by atoms with Gasteiger partial charge in [0, 0.05) is 35.1 Å². The summed E-state index contributed by atoms with van der Waals surface area (Å²) in [6, 6.07) is 8.55. The summed E-state index contributed by atoms with van der Waals surface area (Å²) in [7, 11) is 0. The molecule has 2 N–H and O–H groups in total. The van der Waals surface area contributed by atoms with E-state index >= 15 is 0 Å². The zero-order chi connectivity index (χ0) is 13.0. The van der Waals surface area contributed by atoms with Gasteiger partial charge in [-0.25, -0.2) is 4.98 Å². The van der Waals surface area contributed by atoms with E-state index in [1.165, 1.54) is 5.56 Å². The minimum Gasteiger partial charge on any atom is -0.325 e. The Balaban J connectivity index is 1.92. The van der Waals surface area contributed by atoms with Gasteiger partial charge >= 0.3 is 0 Å². The SMILES string of the molecule is CC(C)(N)CSCc1ccc(-n2ccnc2)cc1. The van der Waals surface area contributed by atoms with Crippen molar-refractivity contribution in [3.63, 3.8) is 0 Å². The predicted molar refractivity (Wildman–Crippen MR) is 78.0 cm³/mol. The topological polar surface area (TPSA) is 43.8 Å². The largest absolute Gasteiger partial charge is 0.325 e. The Hall–Kier alpha value is -1.26. The molecule has 96 valence electrons. The van der Waals surface area contributed by atoms with E-state index in [2.05, 4.69) is 43.1 Å². The molecule has 0 saturated heterocycles. The van der Waals surface area contributed by atoms with Crippen molar-refractivity contribution in [2.24, 2.45) is 5.73 Å². The molecule has 1 heterocycles. The van der Waals surface area contributed by atoms with Crippen LogP contribution < -0.4 is 5.73 Å². The number of thioether (sulfide) groups is 1. The number of nitrogens with two attached hydrogens (primary N) is 1. The maximum Gasteiger partial charge on any atom is 0.0991 e. The van der Waals surface area contributed by atoms with Crippen LogP contribution in [0.25, 0.3) is 5.69 Å². The first-order chi connectivity index (χ1) is 8.54. The molecular weight excluding hydrogens is 242 g/mol. The molecule has 1 aromatic carbocycles. The Labute approximate surface area is 112 Å². The Kier molecular flexibility index (Phi) is 4.09. The van der Waals surface area contributed by atoms with Crippen molar-refractivity contribution < 1.29 is 0 Å². The van der Waals surface area contributed by atoms with Crippen LogP contribution in [0.2, 0.25) is 0 Å². The highest BCUT2D eigenvalue weighted by molar-refractivity contribution is 7.98. The Morgan fingerprint density at radius 1 is 1.28 bits per heavy atom. The molecule has 4 heteroatoms. The molecule has 0 saturated carbocycles. The first kappa shape index (κ1) is 13.2. The molecule has 0 spiro atoms. The normalized spacial score (nSPS) is 11.7. The lowest BCUT2D eigenvalue weighted by Crippen LogP contribution is -2.34. The number of aromatic nitrogens is 2. The highest BCUT2D eigenvalue weighted by Crippen LogP contribution is 2.17. The predicted octanol–water partition coefficient (Wildman–Crippen LogP) is 2.84. The van der Waals surface area contributed by atoms with E-state index in [1.807, 2.05) is 22.5 Å². The van der Waals surface area contributed by atoms with Crippen molar-refractivity contribution in [1.82, 2.24) is 9.55 Å². The fourth-order valence-corrected chi connectivity index (χ4v) is 2.66. The van der Waals surface area contributed by atoms with Gasteiger partial charge in [-0.05, 0) is 31.5 Å². The van der Waals surface area contributed by atoms with Crippen LogP contribution in [-0.4, -0.2) is 20.8 Å². The van der Waals surface area contributed by atoms with E-state index < -0.39 is 0 Å². The van der Waals surface area contributed by atoms with Gasteiger partial charge in [0.2, 0.25) is 0 Å². The van der Waals surface area contributed by atoms with Crippen molar-refractivity contribution in [1.29, 1.82) is 0 Å². The summed E-state index contributed by atoms with van der Waals surface area (Å²) in [4.78, 5) is 4.04. The molecule has 2 aromatic rings. The first-order valence-electron chi connectivity index (χ1n) is 5.98. The van der Waals surface area contributed by atoms with Gasteiger partial charge in [-0.2, -0.15) is 11.8 Å². The second-order valence-electron chi connectivity index (χ2n) is 5.12. The number of imidazole rings is 1.